The van der Waals surface area contributed by atoms with E-state index in [9.17, 15) is 4.79 Å². The first kappa shape index (κ1) is 19.2. The lowest BCUT2D eigenvalue weighted by atomic mass is 10.1. The SMILES string of the molecule is Cc1nc2c(cc(OCC(=O)NC3CCN(c4ncccn4)CC3)c3ccsc32)s1. The van der Waals surface area contributed by atoms with Crippen molar-refractivity contribution in [2.45, 2.75) is 25.8 Å². The molecule has 154 valence electrons. The second-order valence-corrected chi connectivity index (χ2v) is 9.43. The Labute approximate surface area is 181 Å². The zero-order chi connectivity index (χ0) is 20.5. The van der Waals surface area contributed by atoms with Crippen LogP contribution in [0.15, 0.2) is 36.0 Å². The van der Waals surface area contributed by atoms with E-state index < -0.39 is 0 Å². The van der Waals surface area contributed by atoms with Crippen LogP contribution < -0.4 is 15.0 Å². The van der Waals surface area contributed by atoms with Gasteiger partial charge in [-0.3, -0.25) is 4.79 Å². The number of carbonyl (C=O) groups excluding carboxylic acids is 1. The van der Waals surface area contributed by atoms with Crippen LogP contribution in [0, 0.1) is 6.92 Å². The van der Waals surface area contributed by atoms with E-state index in [2.05, 4.69) is 25.2 Å². The number of aromatic nitrogens is 3. The molecule has 9 heteroatoms. The number of aryl methyl sites for hydroxylation is 1. The predicted octanol–water partition coefficient (Wildman–Crippen LogP) is 3.77. The predicted molar refractivity (Wildman–Crippen MR) is 121 cm³/mol. The molecule has 1 aliphatic rings. The number of benzene rings is 1. The number of piperidine rings is 1. The Balaban J connectivity index is 1.19. The summed E-state index contributed by atoms with van der Waals surface area (Å²) in [6, 6.07) is 5.99. The molecular formula is C21H21N5O2S2. The molecule has 0 bridgehead atoms. The molecule has 0 unspecified atom stereocenters. The number of nitrogens with zero attached hydrogens (tertiary/aromatic N) is 4. The van der Waals surface area contributed by atoms with Gasteiger partial charge in [-0.25, -0.2) is 15.0 Å². The van der Waals surface area contributed by atoms with Gasteiger partial charge < -0.3 is 15.0 Å². The van der Waals surface area contributed by atoms with E-state index in [1.807, 2.05) is 30.5 Å². The van der Waals surface area contributed by atoms with Gasteiger partial charge in [-0.2, -0.15) is 0 Å². The summed E-state index contributed by atoms with van der Waals surface area (Å²) in [7, 11) is 0. The molecule has 4 heterocycles. The molecule has 1 N–H and O–H groups in total. The zero-order valence-electron chi connectivity index (χ0n) is 16.5. The second-order valence-electron chi connectivity index (χ2n) is 7.28. The van der Waals surface area contributed by atoms with E-state index in [1.165, 1.54) is 0 Å². The number of nitrogens with one attached hydrogen (secondary N) is 1. The number of carbonyl (C=O) groups is 1. The van der Waals surface area contributed by atoms with Crippen molar-refractivity contribution >= 4 is 54.8 Å². The molecule has 5 rings (SSSR count). The number of thiophene rings is 1. The summed E-state index contributed by atoms with van der Waals surface area (Å²) in [5, 5.41) is 7.19. The molecule has 1 amide bonds. The normalized spacial score (nSPS) is 15.0. The third-order valence-electron chi connectivity index (χ3n) is 5.22. The third-order valence-corrected chi connectivity index (χ3v) is 7.06. The van der Waals surface area contributed by atoms with Crippen LogP contribution >= 0.6 is 22.7 Å². The van der Waals surface area contributed by atoms with E-state index >= 15 is 0 Å². The maximum atomic E-state index is 12.5. The second kappa shape index (κ2) is 8.16. The van der Waals surface area contributed by atoms with Crippen molar-refractivity contribution in [1.29, 1.82) is 0 Å². The van der Waals surface area contributed by atoms with Gasteiger partial charge in [0, 0.05) is 43.0 Å². The summed E-state index contributed by atoms with van der Waals surface area (Å²) in [5.41, 5.74) is 1.02. The number of thiazole rings is 1. The molecule has 0 spiro atoms. The number of anilines is 1. The smallest absolute Gasteiger partial charge is 0.258 e. The van der Waals surface area contributed by atoms with Crippen LogP contribution in [0.1, 0.15) is 17.8 Å². The number of amides is 1. The first-order valence-corrected chi connectivity index (χ1v) is 11.6. The van der Waals surface area contributed by atoms with Crippen molar-refractivity contribution in [1.82, 2.24) is 20.3 Å². The number of rotatable bonds is 5. The largest absolute Gasteiger partial charge is 0.483 e. The molecule has 1 fully saturated rings. The summed E-state index contributed by atoms with van der Waals surface area (Å²) >= 11 is 3.30. The van der Waals surface area contributed by atoms with Crippen LogP contribution in [0.3, 0.4) is 0 Å². The van der Waals surface area contributed by atoms with Gasteiger partial charge in [0.25, 0.3) is 5.91 Å². The number of fused-ring (bicyclic) bond motifs is 3. The highest BCUT2D eigenvalue weighted by atomic mass is 32.1. The Morgan fingerprint density at radius 2 is 2.10 bits per heavy atom. The van der Waals surface area contributed by atoms with Crippen molar-refractivity contribution in [3.05, 3.63) is 41.0 Å². The van der Waals surface area contributed by atoms with Crippen molar-refractivity contribution in [2.24, 2.45) is 0 Å². The molecular weight excluding hydrogens is 418 g/mol. The van der Waals surface area contributed by atoms with Crippen molar-refractivity contribution in [3.63, 3.8) is 0 Å². The van der Waals surface area contributed by atoms with Crippen LogP contribution in [0.4, 0.5) is 5.95 Å². The van der Waals surface area contributed by atoms with E-state index in [0.717, 1.165) is 62.9 Å². The summed E-state index contributed by atoms with van der Waals surface area (Å²) in [6.45, 7) is 3.67. The van der Waals surface area contributed by atoms with Gasteiger partial charge in [-0.1, -0.05) is 0 Å². The fourth-order valence-corrected chi connectivity index (χ4v) is 5.63. The van der Waals surface area contributed by atoms with E-state index in [-0.39, 0.29) is 18.6 Å². The van der Waals surface area contributed by atoms with Crippen LogP contribution in [0.2, 0.25) is 0 Å². The Morgan fingerprint density at radius 1 is 1.30 bits per heavy atom. The number of hydrogen-bond donors (Lipinski definition) is 1. The summed E-state index contributed by atoms with van der Waals surface area (Å²) < 4.78 is 8.14. The fraction of sp³-hybridized carbons (Fsp3) is 0.333. The number of ether oxygens (including phenoxy) is 1. The topological polar surface area (TPSA) is 80.2 Å². The maximum Gasteiger partial charge on any atom is 0.258 e. The fourth-order valence-electron chi connectivity index (χ4n) is 3.80. The van der Waals surface area contributed by atoms with Crippen molar-refractivity contribution in [3.8, 4) is 5.75 Å². The lowest BCUT2D eigenvalue weighted by Crippen LogP contribution is -2.46. The third kappa shape index (κ3) is 3.82. The minimum absolute atomic E-state index is 0.0102. The standard InChI is InChI=1S/C21H21N5O2S2/c1-13-24-19-17(30-13)11-16(15-5-10-29-20(15)19)28-12-18(27)25-14-3-8-26(9-4-14)21-22-6-2-7-23-21/h2,5-7,10-11,14H,3-4,8-9,12H2,1H3,(H,25,27). The highest BCUT2D eigenvalue weighted by Crippen LogP contribution is 2.38. The highest BCUT2D eigenvalue weighted by molar-refractivity contribution is 7.21. The van der Waals surface area contributed by atoms with Crippen LogP contribution in [0.25, 0.3) is 20.3 Å². The monoisotopic (exact) mass is 439 g/mol. The summed E-state index contributed by atoms with van der Waals surface area (Å²) in [4.78, 5) is 27.9. The first-order valence-electron chi connectivity index (χ1n) is 9.89. The van der Waals surface area contributed by atoms with Crippen molar-refractivity contribution in [2.75, 3.05) is 24.6 Å². The van der Waals surface area contributed by atoms with Gasteiger partial charge in [0.15, 0.2) is 6.61 Å². The van der Waals surface area contributed by atoms with Gasteiger partial charge in [0.05, 0.1) is 19.9 Å². The van der Waals surface area contributed by atoms with Crippen LogP contribution in [0.5, 0.6) is 5.75 Å². The zero-order valence-corrected chi connectivity index (χ0v) is 18.1. The molecule has 1 aromatic carbocycles. The lowest BCUT2D eigenvalue weighted by molar-refractivity contribution is -0.123. The van der Waals surface area contributed by atoms with E-state index in [4.69, 9.17) is 4.74 Å². The highest BCUT2D eigenvalue weighted by Gasteiger charge is 2.22. The van der Waals surface area contributed by atoms with Gasteiger partial charge >= 0.3 is 0 Å². The molecule has 7 nitrogen and oxygen atoms in total. The quantitative estimate of drug-likeness (QED) is 0.510. The first-order chi connectivity index (χ1) is 14.7. The molecule has 4 aromatic rings. The van der Waals surface area contributed by atoms with Gasteiger partial charge in [-0.15, -0.1) is 22.7 Å². The average Bonchev–Trinajstić information content (AvgIpc) is 3.39. The number of hydrogen-bond acceptors (Lipinski definition) is 8. The minimum Gasteiger partial charge on any atom is -0.483 e. The van der Waals surface area contributed by atoms with E-state index in [1.54, 1.807) is 35.1 Å². The Morgan fingerprint density at radius 3 is 2.90 bits per heavy atom. The molecule has 0 aliphatic carbocycles. The maximum absolute atomic E-state index is 12.5. The molecule has 0 saturated carbocycles. The lowest BCUT2D eigenvalue weighted by Gasteiger charge is -2.32. The van der Waals surface area contributed by atoms with Crippen LogP contribution in [-0.2, 0) is 4.79 Å². The Bertz CT molecular complexity index is 1180. The van der Waals surface area contributed by atoms with Crippen LogP contribution in [-0.4, -0.2) is 46.6 Å². The average molecular weight is 440 g/mol. The Kier molecular flexibility index (Phi) is 5.22. The molecule has 0 radical (unpaired) electrons. The van der Waals surface area contributed by atoms with Gasteiger partial charge in [0.2, 0.25) is 5.95 Å². The minimum atomic E-state index is -0.0895. The van der Waals surface area contributed by atoms with Gasteiger partial charge in [0.1, 0.15) is 5.75 Å². The summed E-state index contributed by atoms with van der Waals surface area (Å²) in [6.07, 6.45) is 5.24. The van der Waals surface area contributed by atoms with Gasteiger partial charge in [-0.05, 0) is 37.3 Å². The molecule has 1 saturated heterocycles. The summed E-state index contributed by atoms with van der Waals surface area (Å²) in [5.74, 6) is 1.40. The molecule has 30 heavy (non-hydrogen) atoms. The molecule has 0 atom stereocenters. The Hall–Kier alpha value is -2.78. The van der Waals surface area contributed by atoms with Crippen molar-refractivity contribution < 1.29 is 9.53 Å². The molecule has 3 aromatic heterocycles. The molecule has 1 aliphatic heterocycles. The van der Waals surface area contributed by atoms with E-state index in [0.29, 0.717) is 0 Å².